The van der Waals surface area contributed by atoms with E-state index in [-0.39, 0.29) is 0 Å². The van der Waals surface area contributed by atoms with Gasteiger partial charge in [0.15, 0.2) is 0 Å². The van der Waals surface area contributed by atoms with Crippen molar-refractivity contribution < 1.29 is 8.42 Å². The summed E-state index contributed by atoms with van der Waals surface area (Å²) in [5.74, 6) is 0. The molecule has 94 valence electrons. The summed E-state index contributed by atoms with van der Waals surface area (Å²) in [6.45, 7) is 1.30. The SMILES string of the molecule is CS(=O)(=O)N1CCC(NC2CC(N)C2)CC1. The van der Waals surface area contributed by atoms with Crippen LogP contribution in [0.25, 0.3) is 0 Å². The molecule has 2 rings (SSSR count). The molecule has 2 fully saturated rings. The predicted octanol–water partition coefficient (Wildman–Crippen LogP) is -0.510. The smallest absolute Gasteiger partial charge is 0.211 e. The maximum Gasteiger partial charge on any atom is 0.211 e. The van der Waals surface area contributed by atoms with Crippen LogP contribution >= 0.6 is 0 Å². The van der Waals surface area contributed by atoms with Crippen molar-refractivity contribution >= 4 is 10.0 Å². The highest BCUT2D eigenvalue weighted by Gasteiger charge is 2.30. The first kappa shape index (κ1) is 12.3. The third kappa shape index (κ3) is 2.94. The summed E-state index contributed by atoms with van der Waals surface area (Å²) in [6, 6.07) is 1.40. The van der Waals surface area contributed by atoms with Gasteiger partial charge < -0.3 is 11.1 Å². The minimum absolute atomic E-state index is 0.369. The second kappa shape index (κ2) is 4.60. The van der Waals surface area contributed by atoms with Crippen molar-refractivity contribution in [2.45, 2.75) is 43.8 Å². The van der Waals surface area contributed by atoms with Crippen molar-refractivity contribution in [1.82, 2.24) is 9.62 Å². The van der Waals surface area contributed by atoms with Crippen LogP contribution in [-0.4, -0.2) is 50.2 Å². The molecular formula is C10H21N3O2S. The van der Waals surface area contributed by atoms with Crippen LogP contribution in [0.1, 0.15) is 25.7 Å². The first-order valence-electron chi connectivity index (χ1n) is 5.92. The minimum atomic E-state index is -2.99. The summed E-state index contributed by atoms with van der Waals surface area (Å²) in [5, 5.41) is 3.56. The van der Waals surface area contributed by atoms with E-state index in [1.165, 1.54) is 6.26 Å². The summed E-state index contributed by atoms with van der Waals surface area (Å²) in [7, 11) is -2.99. The zero-order chi connectivity index (χ0) is 11.8. The number of piperidine rings is 1. The van der Waals surface area contributed by atoms with Gasteiger partial charge in [-0.05, 0) is 25.7 Å². The number of sulfonamides is 1. The molecule has 2 aliphatic rings. The summed E-state index contributed by atoms with van der Waals surface area (Å²) in [5.41, 5.74) is 5.73. The fraction of sp³-hybridized carbons (Fsp3) is 1.00. The van der Waals surface area contributed by atoms with Crippen LogP contribution in [-0.2, 0) is 10.0 Å². The van der Waals surface area contributed by atoms with E-state index in [9.17, 15) is 8.42 Å². The second-order valence-corrected chi connectivity index (χ2v) is 7.01. The lowest BCUT2D eigenvalue weighted by Crippen LogP contribution is -2.54. The van der Waals surface area contributed by atoms with Gasteiger partial charge in [-0.1, -0.05) is 0 Å². The molecule has 5 nitrogen and oxygen atoms in total. The molecule has 3 N–H and O–H groups in total. The molecule has 6 heteroatoms. The molecule has 1 saturated carbocycles. The van der Waals surface area contributed by atoms with Crippen LogP contribution in [0.3, 0.4) is 0 Å². The maximum atomic E-state index is 11.3. The van der Waals surface area contributed by atoms with Gasteiger partial charge in [0, 0.05) is 31.2 Å². The summed E-state index contributed by atoms with van der Waals surface area (Å²) < 4.78 is 24.2. The molecule has 0 spiro atoms. The van der Waals surface area contributed by atoms with Gasteiger partial charge >= 0.3 is 0 Å². The molecule has 0 atom stereocenters. The van der Waals surface area contributed by atoms with Crippen LogP contribution in [0.4, 0.5) is 0 Å². The lowest BCUT2D eigenvalue weighted by molar-refractivity contribution is 0.220. The molecule has 0 unspecified atom stereocenters. The molecule has 1 saturated heterocycles. The van der Waals surface area contributed by atoms with E-state index in [1.807, 2.05) is 0 Å². The van der Waals surface area contributed by atoms with E-state index in [0.29, 0.717) is 31.2 Å². The topological polar surface area (TPSA) is 75.4 Å². The molecule has 16 heavy (non-hydrogen) atoms. The highest BCUT2D eigenvalue weighted by atomic mass is 32.2. The lowest BCUT2D eigenvalue weighted by atomic mass is 9.86. The van der Waals surface area contributed by atoms with Gasteiger partial charge in [0.25, 0.3) is 0 Å². The van der Waals surface area contributed by atoms with Gasteiger partial charge in [0.05, 0.1) is 6.26 Å². The Morgan fingerprint density at radius 1 is 1.19 bits per heavy atom. The largest absolute Gasteiger partial charge is 0.328 e. The molecule has 0 aromatic rings. The van der Waals surface area contributed by atoms with E-state index < -0.39 is 10.0 Å². The molecule has 1 aliphatic carbocycles. The second-order valence-electron chi connectivity index (χ2n) is 5.03. The van der Waals surface area contributed by atoms with Crippen molar-refractivity contribution in [3.63, 3.8) is 0 Å². The van der Waals surface area contributed by atoms with E-state index in [2.05, 4.69) is 5.32 Å². The molecule has 0 bridgehead atoms. The van der Waals surface area contributed by atoms with Gasteiger partial charge in [0.1, 0.15) is 0 Å². The Bertz CT molecular complexity index is 330. The molecule has 0 aromatic heterocycles. The van der Waals surface area contributed by atoms with Crippen LogP contribution in [0.15, 0.2) is 0 Å². The highest BCUT2D eigenvalue weighted by molar-refractivity contribution is 7.88. The third-order valence-corrected chi connectivity index (χ3v) is 4.87. The van der Waals surface area contributed by atoms with Gasteiger partial charge in [-0.15, -0.1) is 0 Å². The zero-order valence-electron chi connectivity index (χ0n) is 9.72. The average molecular weight is 247 g/mol. The molecule has 0 amide bonds. The molecule has 0 aromatic carbocycles. The summed E-state index contributed by atoms with van der Waals surface area (Å²) in [6.07, 6.45) is 5.24. The fourth-order valence-electron chi connectivity index (χ4n) is 2.49. The predicted molar refractivity (Wildman–Crippen MR) is 63.6 cm³/mol. The van der Waals surface area contributed by atoms with Crippen molar-refractivity contribution in [3.8, 4) is 0 Å². The van der Waals surface area contributed by atoms with Gasteiger partial charge in [-0.3, -0.25) is 0 Å². The van der Waals surface area contributed by atoms with Crippen molar-refractivity contribution in [2.75, 3.05) is 19.3 Å². The number of nitrogens with one attached hydrogen (secondary N) is 1. The van der Waals surface area contributed by atoms with E-state index in [1.54, 1.807) is 4.31 Å². The summed E-state index contributed by atoms with van der Waals surface area (Å²) in [4.78, 5) is 0. The fourth-order valence-corrected chi connectivity index (χ4v) is 3.36. The van der Waals surface area contributed by atoms with E-state index in [0.717, 1.165) is 25.7 Å². The van der Waals surface area contributed by atoms with E-state index in [4.69, 9.17) is 5.73 Å². The quantitative estimate of drug-likeness (QED) is 0.704. The minimum Gasteiger partial charge on any atom is -0.328 e. The Kier molecular flexibility index (Phi) is 3.53. The van der Waals surface area contributed by atoms with Crippen LogP contribution < -0.4 is 11.1 Å². The van der Waals surface area contributed by atoms with Crippen molar-refractivity contribution in [1.29, 1.82) is 0 Å². The Hall–Kier alpha value is -0.170. The van der Waals surface area contributed by atoms with Crippen LogP contribution in [0.5, 0.6) is 0 Å². The maximum absolute atomic E-state index is 11.3. The normalized spacial score (nSPS) is 33.6. The monoisotopic (exact) mass is 247 g/mol. The molecule has 1 heterocycles. The van der Waals surface area contributed by atoms with Crippen molar-refractivity contribution in [3.05, 3.63) is 0 Å². The Labute approximate surface area is 97.4 Å². The Balaban J connectivity index is 1.73. The molecule has 0 radical (unpaired) electrons. The zero-order valence-corrected chi connectivity index (χ0v) is 10.5. The average Bonchev–Trinajstić information content (AvgIpc) is 2.15. The first-order chi connectivity index (χ1) is 7.45. The van der Waals surface area contributed by atoms with Crippen LogP contribution in [0, 0.1) is 0 Å². The van der Waals surface area contributed by atoms with Gasteiger partial charge in [-0.2, -0.15) is 0 Å². The van der Waals surface area contributed by atoms with Crippen molar-refractivity contribution in [2.24, 2.45) is 5.73 Å². The molecular weight excluding hydrogens is 226 g/mol. The summed E-state index contributed by atoms with van der Waals surface area (Å²) >= 11 is 0. The van der Waals surface area contributed by atoms with Crippen LogP contribution in [0.2, 0.25) is 0 Å². The number of rotatable bonds is 3. The standard InChI is InChI=1S/C10H21N3O2S/c1-16(14,15)13-4-2-9(3-5-13)12-10-6-8(11)7-10/h8-10,12H,2-7,11H2,1H3. The number of hydrogen-bond acceptors (Lipinski definition) is 4. The Morgan fingerprint density at radius 2 is 1.75 bits per heavy atom. The first-order valence-corrected chi connectivity index (χ1v) is 7.77. The van der Waals surface area contributed by atoms with Gasteiger partial charge in [-0.25, -0.2) is 12.7 Å². The number of nitrogens with zero attached hydrogens (tertiary/aromatic N) is 1. The van der Waals surface area contributed by atoms with E-state index >= 15 is 0 Å². The van der Waals surface area contributed by atoms with Gasteiger partial charge in [0.2, 0.25) is 10.0 Å². The number of hydrogen-bond donors (Lipinski definition) is 2. The third-order valence-electron chi connectivity index (χ3n) is 3.57. The number of nitrogens with two attached hydrogens (primary N) is 1. The highest BCUT2D eigenvalue weighted by Crippen LogP contribution is 2.21. The molecule has 1 aliphatic heterocycles. The lowest BCUT2D eigenvalue weighted by Gasteiger charge is -2.39. The Morgan fingerprint density at radius 3 is 2.19 bits per heavy atom.